The highest BCUT2D eigenvalue weighted by Crippen LogP contribution is 2.26. The zero-order valence-corrected chi connectivity index (χ0v) is 10.9. The van der Waals surface area contributed by atoms with Crippen molar-refractivity contribution >= 4 is 5.97 Å². The van der Waals surface area contributed by atoms with Gasteiger partial charge in [-0.2, -0.15) is 0 Å². The van der Waals surface area contributed by atoms with Gasteiger partial charge in [0.2, 0.25) is 0 Å². The average molecular weight is 252 g/mol. The Hall–Kier alpha value is -1.55. The molecule has 0 aliphatic rings. The zero-order valence-electron chi connectivity index (χ0n) is 10.9. The van der Waals surface area contributed by atoms with E-state index in [2.05, 4.69) is 0 Å². The summed E-state index contributed by atoms with van der Waals surface area (Å²) in [5.41, 5.74) is 1.09. The van der Waals surface area contributed by atoms with Gasteiger partial charge in [0.25, 0.3) is 0 Å². The molecule has 0 bridgehead atoms. The third kappa shape index (κ3) is 4.75. The lowest BCUT2D eigenvalue weighted by Crippen LogP contribution is -2.08. The van der Waals surface area contributed by atoms with Gasteiger partial charge in [0.1, 0.15) is 5.75 Å². The lowest BCUT2D eigenvalue weighted by Gasteiger charge is -2.16. The molecule has 0 amide bonds. The number of carbonyl (C=O) groups is 1. The van der Waals surface area contributed by atoms with Crippen LogP contribution in [-0.4, -0.2) is 31.4 Å². The van der Waals surface area contributed by atoms with E-state index >= 15 is 0 Å². The predicted molar refractivity (Wildman–Crippen MR) is 68.7 cm³/mol. The molecule has 4 nitrogen and oxygen atoms in total. The Morgan fingerprint density at radius 1 is 1.39 bits per heavy atom. The van der Waals surface area contributed by atoms with Crippen molar-refractivity contribution in [1.29, 1.82) is 0 Å². The molecule has 0 saturated heterocycles. The standard InChI is InChI=1S/C14H20O4/c1-11(16)18-9-7-12(6-8-15)13-4-3-5-14(10-13)17-2/h3-5,10,12,15H,6-9H2,1-2H3/t12-/m1/s1. The Morgan fingerprint density at radius 2 is 2.17 bits per heavy atom. The van der Waals surface area contributed by atoms with Crippen LogP contribution in [0.2, 0.25) is 0 Å². The van der Waals surface area contributed by atoms with E-state index in [1.807, 2.05) is 24.3 Å². The molecule has 1 aromatic carbocycles. The monoisotopic (exact) mass is 252 g/mol. The normalized spacial score (nSPS) is 11.9. The fourth-order valence-corrected chi connectivity index (χ4v) is 1.87. The number of esters is 1. The van der Waals surface area contributed by atoms with Crippen LogP contribution < -0.4 is 4.74 Å². The van der Waals surface area contributed by atoms with Crippen LogP contribution in [0, 0.1) is 0 Å². The molecule has 0 aromatic heterocycles. The first kappa shape index (κ1) is 14.5. The summed E-state index contributed by atoms with van der Waals surface area (Å²) in [6.07, 6.45) is 1.35. The van der Waals surface area contributed by atoms with Crippen LogP contribution in [0.3, 0.4) is 0 Å². The predicted octanol–water partition coefficient (Wildman–Crippen LogP) is 2.11. The molecule has 100 valence electrons. The van der Waals surface area contributed by atoms with Gasteiger partial charge in [-0.1, -0.05) is 12.1 Å². The van der Waals surface area contributed by atoms with E-state index < -0.39 is 0 Å². The molecule has 1 N–H and O–H groups in total. The maximum absolute atomic E-state index is 10.7. The van der Waals surface area contributed by atoms with Crippen LogP contribution >= 0.6 is 0 Å². The number of methoxy groups -OCH3 is 1. The Bertz CT molecular complexity index is 376. The highest BCUT2D eigenvalue weighted by molar-refractivity contribution is 5.65. The van der Waals surface area contributed by atoms with E-state index in [1.165, 1.54) is 6.92 Å². The van der Waals surface area contributed by atoms with Gasteiger partial charge in [0.15, 0.2) is 0 Å². The number of ether oxygens (including phenoxy) is 2. The van der Waals surface area contributed by atoms with Gasteiger partial charge in [0, 0.05) is 13.5 Å². The van der Waals surface area contributed by atoms with Crippen molar-refractivity contribution in [3.8, 4) is 5.75 Å². The minimum atomic E-state index is -0.275. The van der Waals surface area contributed by atoms with Gasteiger partial charge in [-0.3, -0.25) is 4.79 Å². The molecule has 0 heterocycles. The van der Waals surface area contributed by atoms with Gasteiger partial charge in [-0.25, -0.2) is 0 Å². The topological polar surface area (TPSA) is 55.8 Å². The van der Waals surface area contributed by atoms with Crippen LogP contribution in [0.25, 0.3) is 0 Å². The third-order valence-corrected chi connectivity index (χ3v) is 2.81. The van der Waals surface area contributed by atoms with E-state index in [0.717, 1.165) is 11.3 Å². The molecule has 0 radical (unpaired) electrons. The second-order valence-corrected chi connectivity index (χ2v) is 4.11. The molecule has 0 aliphatic heterocycles. The molecule has 18 heavy (non-hydrogen) atoms. The average Bonchev–Trinajstić information content (AvgIpc) is 2.37. The molecular weight excluding hydrogens is 232 g/mol. The van der Waals surface area contributed by atoms with E-state index in [1.54, 1.807) is 7.11 Å². The highest BCUT2D eigenvalue weighted by Gasteiger charge is 2.12. The van der Waals surface area contributed by atoms with Gasteiger partial charge >= 0.3 is 5.97 Å². The van der Waals surface area contributed by atoms with Crippen molar-refractivity contribution in [2.24, 2.45) is 0 Å². The minimum absolute atomic E-state index is 0.113. The number of aliphatic hydroxyl groups excluding tert-OH is 1. The number of rotatable bonds is 7. The molecule has 0 fully saturated rings. The van der Waals surface area contributed by atoms with E-state index in [9.17, 15) is 4.79 Å². The van der Waals surface area contributed by atoms with Crippen molar-refractivity contribution in [1.82, 2.24) is 0 Å². The molecule has 0 aliphatic carbocycles. The van der Waals surface area contributed by atoms with E-state index in [4.69, 9.17) is 14.6 Å². The van der Waals surface area contributed by atoms with Crippen molar-refractivity contribution in [3.05, 3.63) is 29.8 Å². The van der Waals surface area contributed by atoms with Crippen molar-refractivity contribution < 1.29 is 19.4 Å². The second-order valence-electron chi connectivity index (χ2n) is 4.11. The summed E-state index contributed by atoms with van der Waals surface area (Å²) in [7, 11) is 1.62. The molecule has 0 spiro atoms. The SMILES string of the molecule is COc1cccc([C@H](CCO)CCOC(C)=O)c1. The van der Waals surface area contributed by atoms with Crippen molar-refractivity contribution in [2.45, 2.75) is 25.7 Å². The summed E-state index contributed by atoms with van der Waals surface area (Å²) in [6, 6.07) is 7.75. The Morgan fingerprint density at radius 3 is 2.78 bits per heavy atom. The number of hydrogen-bond donors (Lipinski definition) is 1. The minimum Gasteiger partial charge on any atom is -0.497 e. The maximum Gasteiger partial charge on any atom is 0.302 e. The fourth-order valence-electron chi connectivity index (χ4n) is 1.87. The number of carbonyl (C=O) groups excluding carboxylic acids is 1. The van der Waals surface area contributed by atoms with Gasteiger partial charge in [0.05, 0.1) is 13.7 Å². The van der Waals surface area contributed by atoms with Crippen LogP contribution in [0.4, 0.5) is 0 Å². The first-order valence-corrected chi connectivity index (χ1v) is 6.05. The van der Waals surface area contributed by atoms with Crippen molar-refractivity contribution in [3.63, 3.8) is 0 Å². The summed E-state index contributed by atoms with van der Waals surface area (Å²) in [6.45, 7) is 1.88. The van der Waals surface area contributed by atoms with Crippen LogP contribution in [0.1, 0.15) is 31.2 Å². The number of benzene rings is 1. The van der Waals surface area contributed by atoms with Crippen LogP contribution in [0.5, 0.6) is 5.75 Å². The van der Waals surface area contributed by atoms with E-state index in [-0.39, 0.29) is 18.5 Å². The zero-order chi connectivity index (χ0) is 13.4. The summed E-state index contributed by atoms with van der Waals surface area (Å²) >= 11 is 0. The second kappa shape index (κ2) is 7.71. The van der Waals surface area contributed by atoms with Crippen molar-refractivity contribution in [2.75, 3.05) is 20.3 Å². The third-order valence-electron chi connectivity index (χ3n) is 2.81. The summed E-state index contributed by atoms with van der Waals surface area (Å²) < 4.78 is 10.1. The van der Waals surface area contributed by atoms with E-state index in [0.29, 0.717) is 19.4 Å². The number of hydrogen-bond acceptors (Lipinski definition) is 4. The first-order chi connectivity index (χ1) is 8.67. The number of aliphatic hydroxyl groups is 1. The first-order valence-electron chi connectivity index (χ1n) is 6.05. The Kier molecular flexibility index (Phi) is 6.22. The summed E-state index contributed by atoms with van der Waals surface area (Å²) in [5, 5.41) is 9.09. The summed E-state index contributed by atoms with van der Waals surface area (Å²) in [4.78, 5) is 10.7. The van der Waals surface area contributed by atoms with Gasteiger partial charge < -0.3 is 14.6 Å². The Labute approximate surface area is 108 Å². The molecular formula is C14H20O4. The fraction of sp³-hybridized carbons (Fsp3) is 0.500. The largest absolute Gasteiger partial charge is 0.497 e. The molecule has 0 saturated carbocycles. The van der Waals surface area contributed by atoms with Gasteiger partial charge in [-0.05, 0) is 36.5 Å². The summed E-state index contributed by atoms with van der Waals surface area (Å²) in [5.74, 6) is 0.691. The lowest BCUT2D eigenvalue weighted by molar-refractivity contribution is -0.141. The maximum atomic E-state index is 10.7. The quantitative estimate of drug-likeness (QED) is 0.755. The highest BCUT2D eigenvalue weighted by atomic mass is 16.5. The molecule has 4 heteroatoms. The Balaban J connectivity index is 2.66. The molecule has 0 unspecified atom stereocenters. The van der Waals surface area contributed by atoms with Crippen LogP contribution in [-0.2, 0) is 9.53 Å². The van der Waals surface area contributed by atoms with Crippen LogP contribution in [0.15, 0.2) is 24.3 Å². The molecule has 1 atom stereocenters. The van der Waals surface area contributed by atoms with Gasteiger partial charge in [-0.15, -0.1) is 0 Å². The molecule has 1 rings (SSSR count). The molecule has 1 aromatic rings. The lowest BCUT2D eigenvalue weighted by atomic mass is 9.93. The smallest absolute Gasteiger partial charge is 0.302 e.